The zero-order chi connectivity index (χ0) is 19.1. The Kier molecular flexibility index (Phi) is 6.58. The van der Waals surface area contributed by atoms with Crippen molar-refractivity contribution in [3.05, 3.63) is 54.1 Å². The molecule has 0 aromatic heterocycles. The molecule has 1 aliphatic rings. The van der Waals surface area contributed by atoms with Crippen molar-refractivity contribution in [2.45, 2.75) is 19.8 Å². The molecule has 1 heterocycles. The fourth-order valence-corrected chi connectivity index (χ4v) is 3.42. The highest BCUT2D eigenvalue weighted by Crippen LogP contribution is 2.28. The lowest BCUT2D eigenvalue weighted by molar-refractivity contribution is -0.131. The van der Waals surface area contributed by atoms with Crippen LogP contribution in [0.4, 0.5) is 11.4 Å². The van der Waals surface area contributed by atoms with E-state index in [2.05, 4.69) is 47.5 Å². The number of piperazine rings is 1. The van der Waals surface area contributed by atoms with Gasteiger partial charge in [-0.25, -0.2) is 0 Å². The minimum absolute atomic E-state index is 0.215. The first-order valence-corrected chi connectivity index (χ1v) is 9.70. The number of hydrogen-bond acceptors (Lipinski definition) is 4. The molecule has 0 bridgehead atoms. The van der Waals surface area contributed by atoms with Gasteiger partial charge in [-0.3, -0.25) is 4.79 Å². The lowest BCUT2D eigenvalue weighted by atomic mass is 10.1. The summed E-state index contributed by atoms with van der Waals surface area (Å²) in [6.07, 6.45) is 1.56. The van der Waals surface area contributed by atoms with Crippen LogP contribution in [0.1, 0.15) is 18.9 Å². The van der Waals surface area contributed by atoms with Crippen molar-refractivity contribution in [2.75, 3.05) is 50.1 Å². The number of para-hydroxylation sites is 2. The van der Waals surface area contributed by atoms with Crippen LogP contribution in [0.25, 0.3) is 0 Å². The second-order valence-electron chi connectivity index (χ2n) is 6.77. The predicted octanol–water partition coefficient (Wildman–Crippen LogP) is 3.41. The highest BCUT2D eigenvalue weighted by atomic mass is 16.5. The third-order valence-electron chi connectivity index (χ3n) is 5.09. The Bertz CT molecular complexity index is 737. The number of nitrogens with zero attached hydrogens (tertiary/aromatic N) is 2. The first kappa shape index (κ1) is 19.1. The van der Waals surface area contributed by atoms with Crippen LogP contribution in [0.2, 0.25) is 0 Å². The number of rotatable bonds is 7. The zero-order valence-corrected chi connectivity index (χ0v) is 16.3. The smallest absolute Gasteiger partial charge is 0.224 e. The maximum absolute atomic E-state index is 12.5. The van der Waals surface area contributed by atoms with Crippen LogP contribution in [-0.2, 0) is 11.2 Å². The molecule has 1 aliphatic heterocycles. The minimum atomic E-state index is 0.215. The number of carbonyl (C=O) groups excluding carboxylic acids is 1. The molecule has 1 fully saturated rings. The van der Waals surface area contributed by atoms with Gasteiger partial charge in [0.05, 0.1) is 12.8 Å². The Morgan fingerprint density at radius 1 is 1.04 bits per heavy atom. The van der Waals surface area contributed by atoms with Gasteiger partial charge in [-0.1, -0.05) is 31.2 Å². The number of amides is 1. The van der Waals surface area contributed by atoms with Crippen LogP contribution in [0.15, 0.2) is 48.5 Å². The van der Waals surface area contributed by atoms with E-state index in [1.807, 2.05) is 23.1 Å². The Balaban J connectivity index is 1.44. The van der Waals surface area contributed by atoms with Crippen molar-refractivity contribution < 1.29 is 9.53 Å². The van der Waals surface area contributed by atoms with Gasteiger partial charge >= 0.3 is 0 Å². The number of anilines is 2. The number of methoxy groups -OCH3 is 1. The molecule has 0 atom stereocenters. The molecule has 2 aromatic carbocycles. The Labute approximate surface area is 161 Å². The van der Waals surface area contributed by atoms with Gasteiger partial charge in [-0.2, -0.15) is 0 Å². The van der Waals surface area contributed by atoms with E-state index in [-0.39, 0.29) is 5.91 Å². The molecule has 0 spiro atoms. The van der Waals surface area contributed by atoms with Crippen molar-refractivity contribution in [2.24, 2.45) is 0 Å². The monoisotopic (exact) mass is 367 g/mol. The highest BCUT2D eigenvalue weighted by Gasteiger charge is 2.22. The molecular weight excluding hydrogens is 338 g/mol. The molecule has 5 nitrogen and oxygen atoms in total. The molecule has 27 heavy (non-hydrogen) atoms. The van der Waals surface area contributed by atoms with Crippen molar-refractivity contribution in [1.82, 2.24) is 4.90 Å². The number of ether oxygens (including phenoxy) is 1. The molecule has 0 aliphatic carbocycles. The molecule has 144 valence electrons. The van der Waals surface area contributed by atoms with Gasteiger partial charge in [0, 0.05) is 44.8 Å². The number of hydrogen-bond donors (Lipinski definition) is 1. The van der Waals surface area contributed by atoms with E-state index in [4.69, 9.17) is 4.74 Å². The summed E-state index contributed by atoms with van der Waals surface area (Å²) in [5.41, 5.74) is 3.50. The molecule has 1 N–H and O–H groups in total. The van der Waals surface area contributed by atoms with Crippen LogP contribution in [0, 0.1) is 0 Å². The molecule has 3 rings (SSSR count). The van der Waals surface area contributed by atoms with Gasteiger partial charge in [-0.05, 0) is 36.2 Å². The van der Waals surface area contributed by atoms with Crippen molar-refractivity contribution in [3.63, 3.8) is 0 Å². The lowest BCUT2D eigenvalue weighted by Crippen LogP contribution is -2.49. The molecular formula is C22H29N3O2. The summed E-state index contributed by atoms with van der Waals surface area (Å²) in [5, 5.41) is 3.34. The third kappa shape index (κ3) is 4.94. The van der Waals surface area contributed by atoms with E-state index in [1.54, 1.807) is 7.11 Å². The fraction of sp³-hybridized carbons (Fsp3) is 0.409. The van der Waals surface area contributed by atoms with Crippen LogP contribution in [0.3, 0.4) is 0 Å². The SMILES string of the molecule is CCc1ccc(NCCC(=O)N2CCN(c3ccccc3OC)CC2)cc1. The van der Waals surface area contributed by atoms with E-state index >= 15 is 0 Å². The summed E-state index contributed by atoms with van der Waals surface area (Å²) in [5.74, 6) is 1.10. The van der Waals surface area contributed by atoms with E-state index < -0.39 is 0 Å². The van der Waals surface area contributed by atoms with Gasteiger partial charge in [-0.15, -0.1) is 0 Å². The van der Waals surface area contributed by atoms with Crippen molar-refractivity contribution in [3.8, 4) is 5.75 Å². The van der Waals surface area contributed by atoms with Gasteiger partial charge in [0.1, 0.15) is 5.75 Å². The zero-order valence-electron chi connectivity index (χ0n) is 16.3. The fourth-order valence-electron chi connectivity index (χ4n) is 3.42. The summed E-state index contributed by atoms with van der Waals surface area (Å²) in [6, 6.07) is 16.5. The average molecular weight is 367 g/mol. The second-order valence-corrected chi connectivity index (χ2v) is 6.77. The summed E-state index contributed by atoms with van der Waals surface area (Å²) in [4.78, 5) is 16.8. The van der Waals surface area contributed by atoms with Gasteiger partial charge < -0.3 is 19.9 Å². The number of aryl methyl sites for hydroxylation is 1. The first-order valence-electron chi connectivity index (χ1n) is 9.70. The second kappa shape index (κ2) is 9.31. The summed E-state index contributed by atoms with van der Waals surface area (Å²) >= 11 is 0. The topological polar surface area (TPSA) is 44.8 Å². The number of carbonyl (C=O) groups is 1. The van der Waals surface area contributed by atoms with Crippen molar-refractivity contribution >= 4 is 17.3 Å². The standard InChI is InChI=1S/C22H29N3O2/c1-3-18-8-10-19(11-9-18)23-13-12-22(26)25-16-14-24(15-17-25)20-6-4-5-7-21(20)27-2/h4-11,23H,3,12-17H2,1-2H3. The normalized spacial score (nSPS) is 14.1. The number of benzene rings is 2. The maximum atomic E-state index is 12.5. The van der Waals surface area contributed by atoms with Crippen LogP contribution >= 0.6 is 0 Å². The highest BCUT2D eigenvalue weighted by molar-refractivity contribution is 5.77. The molecule has 5 heteroatoms. The minimum Gasteiger partial charge on any atom is -0.495 e. The Morgan fingerprint density at radius 3 is 2.41 bits per heavy atom. The van der Waals surface area contributed by atoms with Crippen LogP contribution < -0.4 is 15.0 Å². The number of nitrogens with one attached hydrogen (secondary N) is 1. The molecule has 0 saturated carbocycles. The van der Waals surface area contributed by atoms with E-state index in [9.17, 15) is 4.79 Å². The molecule has 0 radical (unpaired) electrons. The van der Waals surface area contributed by atoms with E-state index in [0.717, 1.165) is 49.7 Å². The van der Waals surface area contributed by atoms with Gasteiger partial charge in [0.15, 0.2) is 0 Å². The summed E-state index contributed by atoms with van der Waals surface area (Å²) in [6.45, 7) is 5.98. The first-order chi connectivity index (χ1) is 13.2. The summed E-state index contributed by atoms with van der Waals surface area (Å²) < 4.78 is 5.45. The molecule has 1 amide bonds. The Morgan fingerprint density at radius 2 is 1.74 bits per heavy atom. The third-order valence-corrected chi connectivity index (χ3v) is 5.09. The van der Waals surface area contributed by atoms with Crippen LogP contribution in [-0.4, -0.2) is 50.6 Å². The molecule has 1 saturated heterocycles. The van der Waals surface area contributed by atoms with Gasteiger partial charge in [0.25, 0.3) is 0 Å². The maximum Gasteiger partial charge on any atom is 0.224 e. The lowest BCUT2D eigenvalue weighted by Gasteiger charge is -2.36. The van der Waals surface area contributed by atoms with Crippen molar-refractivity contribution in [1.29, 1.82) is 0 Å². The predicted molar refractivity (Wildman–Crippen MR) is 111 cm³/mol. The molecule has 2 aromatic rings. The quantitative estimate of drug-likeness (QED) is 0.815. The average Bonchev–Trinajstić information content (AvgIpc) is 2.74. The van der Waals surface area contributed by atoms with E-state index in [1.165, 1.54) is 5.56 Å². The Hall–Kier alpha value is -2.69. The largest absolute Gasteiger partial charge is 0.495 e. The summed E-state index contributed by atoms with van der Waals surface area (Å²) in [7, 11) is 1.70. The van der Waals surface area contributed by atoms with E-state index in [0.29, 0.717) is 13.0 Å². The van der Waals surface area contributed by atoms with Gasteiger partial charge in [0.2, 0.25) is 5.91 Å². The van der Waals surface area contributed by atoms with Crippen LogP contribution in [0.5, 0.6) is 5.75 Å². The molecule has 0 unspecified atom stereocenters.